The topological polar surface area (TPSA) is 61.3 Å². The summed E-state index contributed by atoms with van der Waals surface area (Å²) in [7, 11) is 1.34. The van der Waals surface area contributed by atoms with Crippen LogP contribution in [0.25, 0.3) is 5.76 Å². The summed E-state index contributed by atoms with van der Waals surface area (Å²) in [4.78, 5) is 19.1. The molecular formula is C11H14N2O3. The molecule has 16 heavy (non-hydrogen) atoms. The van der Waals surface area contributed by atoms with Crippen molar-refractivity contribution in [3.8, 4) is 0 Å². The maximum atomic E-state index is 11.0. The minimum atomic E-state index is -0.319. The third kappa shape index (κ3) is 3.34. The maximum absolute atomic E-state index is 11.0. The van der Waals surface area contributed by atoms with Gasteiger partial charge in [0.1, 0.15) is 0 Å². The summed E-state index contributed by atoms with van der Waals surface area (Å²) in [6.45, 7) is 6.06. The van der Waals surface area contributed by atoms with Crippen LogP contribution in [0.2, 0.25) is 0 Å². The standard InChI is InChI=1S/C11H14N2O3/c1-4-16-8(2)11-12-6-9(7-13-11)5-10(14)15-3/h6-7H,2,4-5H2,1,3H3. The Hall–Kier alpha value is -1.91. The van der Waals surface area contributed by atoms with Gasteiger partial charge in [0, 0.05) is 12.4 Å². The van der Waals surface area contributed by atoms with Crippen molar-refractivity contribution in [2.45, 2.75) is 13.3 Å². The molecule has 0 N–H and O–H groups in total. The molecule has 0 aliphatic rings. The van der Waals surface area contributed by atoms with Crippen LogP contribution in [0.5, 0.6) is 0 Å². The van der Waals surface area contributed by atoms with Crippen molar-refractivity contribution in [1.82, 2.24) is 9.97 Å². The van der Waals surface area contributed by atoms with Crippen molar-refractivity contribution in [2.24, 2.45) is 0 Å². The van der Waals surface area contributed by atoms with E-state index in [1.165, 1.54) is 7.11 Å². The highest BCUT2D eigenvalue weighted by Crippen LogP contribution is 2.08. The van der Waals surface area contributed by atoms with Gasteiger partial charge in [-0.15, -0.1) is 0 Å². The number of rotatable bonds is 5. The van der Waals surface area contributed by atoms with E-state index in [-0.39, 0.29) is 12.4 Å². The lowest BCUT2D eigenvalue weighted by atomic mass is 10.2. The SMILES string of the molecule is C=C(OCC)c1ncc(CC(=O)OC)cn1. The first-order valence-corrected chi connectivity index (χ1v) is 4.87. The van der Waals surface area contributed by atoms with Gasteiger partial charge < -0.3 is 9.47 Å². The Balaban J connectivity index is 2.67. The smallest absolute Gasteiger partial charge is 0.310 e. The molecule has 86 valence electrons. The Kier molecular flexibility index (Phi) is 4.44. The van der Waals surface area contributed by atoms with Gasteiger partial charge in [-0.25, -0.2) is 9.97 Å². The number of ether oxygens (including phenoxy) is 2. The highest BCUT2D eigenvalue weighted by atomic mass is 16.5. The fourth-order valence-corrected chi connectivity index (χ4v) is 1.07. The number of nitrogens with zero attached hydrogens (tertiary/aromatic N) is 2. The lowest BCUT2D eigenvalue weighted by Crippen LogP contribution is -2.06. The van der Waals surface area contributed by atoms with Crippen LogP contribution in [0.15, 0.2) is 19.0 Å². The second-order valence-electron chi connectivity index (χ2n) is 3.02. The van der Waals surface area contributed by atoms with Crippen LogP contribution in [0.1, 0.15) is 18.3 Å². The first kappa shape index (κ1) is 12.2. The molecule has 0 amide bonds. The average Bonchev–Trinajstić information content (AvgIpc) is 2.30. The highest BCUT2D eigenvalue weighted by molar-refractivity contribution is 5.72. The summed E-state index contributed by atoms with van der Waals surface area (Å²) < 4.78 is 9.69. The lowest BCUT2D eigenvalue weighted by molar-refractivity contribution is -0.139. The van der Waals surface area contributed by atoms with Crippen molar-refractivity contribution in [3.63, 3.8) is 0 Å². The molecule has 0 atom stereocenters. The van der Waals surface area contributed by atoms with Crippen LogP contribution in [0.3, 0.4) is 0 Å². The summed E-state index contributed by atoms with van der Waals surface area (Å²) in [6.07, 6.45) is 3.28. The van der Waals surface area contributed by atoms with E-state index in [1.54, 1.807) is 12.4 Å². The average molecular weight is 222 g/mol. The van der Waals surface area contributed by atoms with Gasteiger partial charge in [0.2, 0.25) is 0 Å². The molecule has 1 rings (SSSR count). The van der Waals surface area contributed by atoms with E-state index >= 15 is 0 Å². The van der Waals surface area contributed by atoms with E-state index < -0.39 is 0 Å². The molecule has 0 spiro atoms. The summed E-state index contributed by atoms with van der Waals surface area (Å²) in [6, 6.07) is 0. The molecule has 0 aliphatic carbocycles. The van der Waals surface area contributed by atoms with Crippen molar-refractivity contribution in [2.75, 3.05) is 13.7 Å². The number of esters is 1. The normalized spacial score (nSPS) is 9.62. The molecule has 0 aliphatic heterocycles. The Morgan fingerprint density at radius 3 is 2.56 bits per heavy atom. The van der Waals surface area contributed by atoms with Gasteiger partial charge in [0.25, 0.3) is 0 Å². The van der Waals surface area contributed by atoms with Gasteiger partial charge >= 0.3 is 5.97 Å². The quantitative estimate of drug-likeness (QED) is 0.553. The molecule has 1 aromatic rings. The third-order valence-corrected chi connectivity index (χ3v) is 1.85. The van der Waals surface area contributed by atoms with Gasteiger partial charge in [-0.2, -0.15) is 0 Å². The van der Waals surface area contributed by atoms with Crippen LogP contribution in [-0.4, -0.2) is 29.7 Å². The second kappa shape index (κ2) is 5.85. The van der Waals surface area contributed by atoms with E-state index in [0.717, 1.165) is 0 Å². The Labute approximate surface area is 94.1 Å². The van der Waals surface area contributed by atoms with Gasteiger partial charge in [-0.3, -0.25) is 4.79 Å². The van der Waals surface area contributed by atoms with Crippen LogP contribution in [0, 0.1) is 0 Å². The van der Waals surface area contributed by atoms with Crippen molar-refractivity contribution in [1.29, 1.82) is 0 Å². The number of aromatic nitrogens is 2. The minimum absolute atomic E-state index is 0.165. The van der Waals surface area contributed by atoms with Crippen LogP contribution < -0.4 is 0 Å². The molecule has 5 heteroatoms. The molecule has 0 saturated carbocycles. The summed E-state index contributed by atoms with van der Waals surface area (Å²) in [5.41, 5.74) is 0.694. The number of hydrogen-bond acceptors (Lipinski definition) is 5. The molecule has 1 heterocycles. The summed E-state index contributed by atoms with van der Waals surface area (Å²) in [5, 5.41) is 0. The van der Waals surface area contributed by atoms with E-state index in [4.69, 9.17) is 4.74 Å². The van der Waals surface area contributed by atoms with Crippen molar-refractivity contribution in [3.05, 3.63) is 30.4 Å². The summed E-state index contributed by atoms with van der Waals surface area (Å²) in [5.74, 6) is 0.530. The molecule has 0 saturated heterocycles. The lowest BCUT2D eigenvalue weighted by Gasteiger charge is -2.05. The third-order valence-electron chi connectivity index (χ3n) is 1.85. The maximum Gasteiger partial charge on any atom is 0.310 e. The fourth-order valence-electron chi connectivity index (χ4n) is 1.07. The predicted molar refractivity (Wildman–Crippen MR) is 58.4 cm³/mol. The number of carbonyl (C=O) groups excluding carboxylic acids is 1. The van der Waals surface area contributed by atoms with Gasteiger partial charge in [0.05, 0.1) is 20.1 Å². The molecule has 0 aromatic carbocycles. The Morgan fingerprint density at radius 1 is 1.44 bits per heavy atom. The number of methoxy groups -OCH3 is 1. The summed E-state index contributed by atoms with van der Waals surface area (Å²) >= 11 is 0. The van der Waals surface area contributed by atoms with Gasteiger partial charge in [0.15, 0.2) is 11.6 Å². The van der Waals surface area contributed by atoms with Crippen molar-refractivity contribution >= 4 is 11.7 Å². The highest BCUT2D eigenvalue weighted by Gasteiger charge is 2.06. The van der Waals surface area contributed by atoms with E-state index in [1.807, 2.05) is 6.92 Å². The zero-order chi connectivity index (χ0) is 12.0. The molecule has 0 bridgehead atoms. The predicted octanol–water partition coefficient (Wildman–Crippen LogP) is 1.20. The second-order valence-corrected chi connectivity index (χ2v) is 3.02. The zero-order valence-electron chi connectivity index (χ0n) is 9.40. The Bertz CT molecular complexity index is 373. The number of hydrogen-bond donors (Lipinski definition) is 0. The molecule has 0 unspecified atom stereocenters. The van der Waals surface area contributed by atoms with E-state index in [0.29, 0.717) is 23.8 Å². The Morgan fingerprint density at radius 2 is 2.06 bits per heavy atom. The van der Waals surface area contributed by atoms with E-state index in [9.17, 15) is 4.79 Å². The van der Waals surface area contributed by atoms with Crippen LogP contribution >= 0.6 is 0 Å². The largest absolute Gasteiger partial charge is 0.491 e. The van der Waals surface area contributed by atoms with Crippen LogP contribution in [0.4, 0.5) is 0 Å². The molecule has 5 nitrogen and oxygen atoms in total. The first-order chi connectivity index (χ1) is 7.67. The molecular weight excluding hydrogens is 208 g/mol. The van der Waals surface area contributed by atoms with Crippen molar-refractivity contribution < 1.29 is 14.3 Å². The van der Waals surface area contributed by atoms with Crippen LogP contribution in [-0.2, 0) is 20.7 Å². The first-order valence-electron chi connectivity index (χ1n) is 4.87. The molecule has 1 aromatic heterocycles. The number of carbonyl (C=O) groups is 1. The molecule has 0 fully saturated rings. The fraction of sp³-hybridized carbons (Fsp3) is 0.364. The van der Waals surface area contributed by atoms with E-state index in [2.05, 4.69) is 21.3 Å². The van der Waals surface area contributed by atoms with Gasteiger partial charge in [-0.1, -0.05) is 6.58 Å². The van der Waals surface area contributed by atoms with Gasteiger partial charge in [-0.05, 0) is 12.5 Å². The monoisotopic (exact) mass is 222 g/mol. The minimum Gasteiger partial charge on any atom is -0.491 e. The zero-order valence-corrected chi connectivity index (χ0v) is 9.40. The molecule has 0 radical (unpaired) electrons.